The Labute approximate surface area is 110 Å². The lowest BCUT2D eigenvalue weighted by atomic mass is 10.1. The van der Waals surface area contributed by atoms with E-state index < -0.39 is 0 Å². The molecule has 0 spiro atoms. The van der Waals surface area contributed by atoms with E-state index in [0.29, 0.717) is 5.56 Å². The van der Waals surface area contributed by atoms with Crippen molar-refractivity contribution >= 4 is 16.7 Å². The Morgan fingerprint density at radius 1 is 1.05 bits per heavy atom. The van der Waals surface area contributed by atoms with E-state index >= 15 is 0 Å². The summed E-state index contributed by atoms with van der Waals surface area (Å²) in [7, 11) is 0. The standard InChI is InChI=1S/C16H13NO2/c1-10(18)12-2-3-13-9-15(17-16(13)8-12)11-4-6-14(19)7-5-11/h2-9,17,19H,1H3. The van der Waals surface area contributed by atoms with Gasteiger partial charge in [-0.25, -0.2) is 0 Å². The van der Waals surface area contributed by atoms with Crippen LogP contribution in [0.2, 0.25) is 0 Å². The zero-order valence-corrected chi connectivity index (χ0v) is 10.5. The minimum absolute atomic E-state index is 0.0580. The predicted octanol–water partition coefficient (Wildman–Crippen LogP) is 3.74. The normalized spacial score (nSPS) is 10.8. The van der Waals surface area contributed by atoms with E-state index in [0.717, 1.165) is 22.2 Å². The van der Waals surface area contributed by atoms with E-state index in [4.69, 9.17) is 0 Å². The van der Waals surface area contributed by atoms with E-state index in [9.17, 15) is 9.90 Å². The van der Waals surface area contributed by atoms with Gasteiger partial charge < -0.3 is 10.1 Å². The van der Waals surface area contributed by atoms with Gasteiger partial charge in [-0.2, -0.15) is 0 Å². The van der Waals surface area contributed by atoms with Crippen molar-refractivity contribution in [2.75, 3.05) is 0 Å². The summed E-state index contributed by atoms with van der Waals surface area (Å²) in [5.74, 6) is 0.307. The van der Waals surface area contributed by atoms with Crippen molar-refractivity contribution in [3.8, 4) is 17.0 Å². The first-order valence-electron chi connectivity index (χ1n) is 6.06. The molecule has 3 rings (SSSR count). The van der Waals surface area contributed by atoms with Crippen molar-refractivity contribution in [2.24, 2.45) is 0 Å². The summed E-state index contributed by atoms with van der Waals surface area (Å²) in [5, 5.41) is 10.4. The van der Waals surface area contributed by atoms with E-state index in [2.05, 4.69) is 4.98 Å². The van der Waals surface area contributed by atoms with Crippen LogP contribution in [0.25, 0.3) is 22.2 Å². The highest BCUT2D eigenvalue weighted by atomic mass is 16.3. The molecule has 3 heteroatoms. The molecular weight excluding hydrogens is 238 g/mol. The summed E-state index contributed by atoms with van der Waals surface area (Å²) in [5.41, 5.74) is 3.61. The highest BCUT2D eigenvalue weighted by Gasteiger charge is 2.06. The van der Waals surface area contributed by atoms with Crippen molar-refractivity contribution < 1.29 is 9.90 Å². The summed E-state index contributed by atoms with van der Waals surface area (Å²) in [6.45, 7) is 1.56. The van der Waals surface area contributed by atoms with Crippen LogP contribution in [0, 0.1) is 0 Å². The number of Topliss-reactive ketones (excluding diaryl/α,β-unsaturated/α-hetero) is 1. The van der Waals surface area contributed by atoms with E-state index in [1.807, 2.05) is 36.4 Å². The van der Waals surface area contributed by atoms with Gasteiger partial charge in [0.25, 0.3) is 0 Å². The maximum absolute atomic E-state index is 11.4. The monoisotopic (exact) mass is 251 g/mol. The Morgan fingerprint density at radius 2 is 1.79 bits per heavy atom. The number of H-pyrrole nitrogens is 1. The number of fused-ring (bicyclic) bond motifs is 1. The van der Waals surface area contributed by atoms with Gasteiger partial charge in [-0.15, -0.1) is 0 Å². The molecule has 0 aliphatic rings. The summed E-state index contributed by atoms with van der Waals surface area (Å²) < 4.78 is 0. The molecule has 94 valence electrons. The van der Waals surface area contributed by atoms with Crippen molar-refractivity contribution in [2.45, 2.75) is 6.92 Å². The Kier molecular flexibility index (Phi) is 2.60. The number of rotatable bonds is 2. The molecule has 1 aromatic heterocycles. The van der Waals surface area contributed by atoms with Crippen LogP contribution in [0.3, 0.4) is 0 Å². The Hall–Kier alpha value is -2.55. The van der Waals surface area contributed by atoms with E-state index in [1.54, 1.807) is 19.1 Å². The molecule has 0 saturated carbocycles. The molecule has 0 radical (unpaired) electrons. The summed E-state index contributed by atoms with van der Waals surface area (Å²) >= 11 is 0. The fraction of sp³-hybridized carbons (Fsp3) is 0.0625. The molecule has 3 nitrogen and oxygen atoms in total. The zero-order chi connectivity index (χ0) is 13.4. The largest absolute Gasteiger partial charge is 0.508 e. The Balaban J connectivity index is 2.11. The highest BCUT2D eigenvalue weighted by molar-refractivity contribution is 5.98. The molecule has 19 heavy (non-hydrogen) atoms. The number of ketones is 1. The average Bonchev–Trinajstić information content (AvgIpc) is 2.82. The average molecular weight is 251 g/mol. The first kappa shape index (κ1) is 11.5. The smallest absolute Gasteiger partial charge is 0.159 e. The summed E-state index contributed by atoms with van der Waals surface area (Å²) in [6, 6.07) is 14.7. The van der Waals surface area contributed by atoms with Crippen LogP contribution in [-0.2, 0) is 0 Å². The van der Waals surface area contributed by atoms with Gasteiger partial charge in [-0.1, -0.05) is 12.1 Å². The topological polar surface area (TPSA) is 53.1 Å². The molecular formula is C16H13NO2. The van der Waals surface area contributed by atoms with Crippen molar-refractivity contribution in [1.29, 1.82) is 0 Å². The van der Waals surface area contributed by atoms with E-state index in [-0.39, 0.29) is 11.5 Å². The number of carbonyl (C=O) groups excluding carboxylic acids is 1. The van der Waals surface area contributed by atoms with Crippen molar-refractivity contribution in [1.82, 2.24) is 4.98 Å². The van der Waals surface area contributed by atoms with Crippen LogP contribution in [0.4, 0.5) is 0 Å². The molecule has 0 aliphatic heterocycles. The molecule has 2 N–H and O–H groups in total. The van der Waals surface area contributed by atoms with Gasteiger partial charge in [0.15, 0.2) is 5.78 Å². The van der Waals surface area contributed by atoms with Crippen LogP contribution in [-0.4, -0.2) is 15.9 Å². The molecule has 0 fully saturated rings. The third-order valence-electron chi connectivity index (χ3n) is 3.21. The number of benzene rings is 2. The molecule has 1 heterocycles. The van der Waals surface area contributed by atoms with Crippen LogP contribution in [0.15, 0.2) is 48.5 Å². The second-order valence-corrected chi connectivity index (χ2v) is 4.59. The number of phenolic OH excluding ortho intramolecular Hbond substituents is 1. The lowest BCUT2D eigenvalue weighted by molar-refractivity contribution is 0.101. The SMILES string of the molecule is CC(=O)c1ccc2cc(-c3ccc(O)cc3)[nH]c2c1. The van der Waals surface area contributed by atoms with E-state index in [1.165, 1.54) is 0 Å². The first-order chi connectivity index (χ1) is 9.13. The maximum Gasteiger partial charge on any atom is 0.159 e. The fourth-order valence-electron chi connectivity index (χ4n) is 2.14. The number of aromatic nitrogens is 1. The van der Waals surface area contributed by atoms with Gasteiger partial charge in [0.1, 0.15) is 5.75 Å². The minimum atomic E-state index is 0.0580. The fourth-order valence-corrected chi connectivity index (χ4v) is 2.14. The molecule has 2 aromatic carbocycles. The number of phenols is 1. The number of hydrogen-bond donors (Lipinski definition) is 2. The van der Waals surface area contributed by atoms with Crippen LogP contribution in [0.1, 0.15) is 17.3 Å². The minimum Gasteiger partial charge on any atom is -0.508 e. The number of hydrogen-bond acceptors (Lipinski definition) is 2. The molecule has 0 atom stereocenters. The van der Waals surface area contributed by atoms with Crippen molar-refractivity contribution in [3.05, 3.63) is 54.1 Å². The third kappa shape index (κ3) is 2.10. The number of carbonyl (C=O) groups is 1. The zero-order valence-electron chi connectivity index (χ0n) is 10.5. The number of aromatic amines is 1. The predicted molar refractivity (Wildman–Crippen MR) is 75.4 cm³/mol. The Bertz CT molecular complexity index is 754. The van der Waals surface area contributed by atoms with Crippen LogP contribution >= 0.6 is 0 Å². The molecule has 0 aliphatic carbocycles. The van der Waals surface area contributed by atoms with Gasteiger partial charge in [0.05, 0.1) is 0 Å². The van der Waals surface area contributed by atoms with Gasteiger partial charge in [-0.3, -0.25) is 4.79 Å². The Morgan fingerprint density at radius 3 is 2.47 bits per heavy atom. The third-order valence-corrected chi connectivity index (χ3v) is 3.21. The highest BCUT2D eigenvalue weighted by Crippen LogP contribution is 2.26. The maximum atomic E-state index is 11.4. The second-order valence-electron chi connectivity index (χ2n) is 4.59. The second kappa shape index (κ2) is 4.28. The van der Waals surface area contributed by atoms with Crippen molar-refractivity contribution in [3.63, 3.8) is 0 Å². The van der Waals surface area contributed by atoms with Crippen LogP contribution in [0.5, 0.6) is 5.75 Å². The van der Waals surface area contributed by atoms with Gasteiger partial charge in [0, 0.05) is 22.2 Å². The molecule has 0 bridgehead atoms. The van der Waals surface area contributed by atoms with Gasteiger partial charge in [0.2, 0.25) is 0 Å². The molecule has 0 unspecified atom stereocenters. The summed E-state index contributed by atoms with van der Waals surface area (Å²) in [4.78, 5) is 14.7. The lowest BCUT2D eigenvalue weighted by Gasteiger charge is -1.97. The quantitative estimate of drug-likeness (QED) is 0.681. The van der Waals surface area contributed by atoms with Crippen LogP contribution < -0.4 is 0 Å². The first-order valence-corrected chi connectivity index (χ1v) is 6.06. The molecule has 0 saturated heterocycles. The lowest BCUT2D eigenvalue weighted by Crippen LogP contribution is -1.90. The number of nitrogens with one attached hydrogen (secondary N) is 1. The summed E-state index contributed by atoms with van der Waals surface area (Å²) in [6.07, 6.45) is 0. The van der Waals surface area contributed by atoms with Gasteiger partial charge in [-0.05, 0) is 48.9 Å². The number of aromatic hydroxyl groups is 1. The molecule has 0 amide bonds. The molecule has 3 aromatic rings. The van der Waals surface area contributed by atoms with Gasteiger partial charge >= 0.3 is 0 Å².